The fraction of sp³-hybridized carbons (Fsp3) is 0.429. The van der Waals surface area contributed by atoms with Crippen molar-refractivity contribution in [3.8, 4) is 5.75 Å². The molecule has 1 aromatic carbocycles. The lowest BCUT2D eigenvalue weighted by atomic mass is 10.1. The maximum atomic E-state index is 12.7. The maximum Gasteiger partial charge on any atom is 0.279 e. The number of carbonyl (C=O) groups excluding carboxylic acids is 2. The highest BCUT2D eigenvalue weighted by Crippen LogP contribution is 2.12. The van der Waals surface area contributed by atoms with E-state index in [0.29, 0.717) is 12.2 Å². The molecule has 2 N–H and O–H groups in total. The smallest absolute Gasteiger partial charge is 0.279 e. The van der Waals surface area contributed by atoms with Crippen molar-refractivity contribution in [1.82, 2.24) is 10.9 Å². The summed E-state index contributed by atoms with van der Waals surface area (Å²) in [4.78, 5) is 23.0. The molecule has 0 spiro atoms. The summed E-state index contributed by atoms with van der Waals surface area (Å²) in [5.41, 5.74) is 4.59. The third kappa shape index (κ3) is 5.69. The van der Waals surface area contributed by atoms with E-state index in [1.54, 1.807) is 0 Å². The van der Waals surface area contributed by atoms with Gasteiger partial charge in [-0.05, 0) is 37.1 Å². The second kappa shape index (κ2) is 7.47. The molecule has 0 saturated carbocycles. The molecule has 110 valence electrons. The zero-order valence-corrected chi connectivity index (χ0v) is 11.8. The molecule has 0 aliphatic carbocycles. The first-order valence-corrected chi connectivity index (χ1v) is 6.39. The van der Waals surface area contributed by atoms with Crippen LogP contribution >= 0.6 is 0 Å². The Morgan fingerprint density at radius 2 is 1.75 bits per heavy atom. The SMILES string of the molecule is CC(C)CC(=O)NNC(=O)[C@@H](C)Oc1ccc(F)cc1. The summed E-state index contributed by atoms with van der Waals surface area (Å²) in [6.45, 7) is 5.34. The van der Waals surface area contributed by atoms with E-state index in [0.717, 1.165) is 0 Å². The number of carbonyl (C=O) groups is 2. The van der Waals surface area contributed by atoms with Gasteiger partial charge in [-0.2, -0.15) is 0 Å². The summed E-state index contributed by atoms with van der Waals surface area (Å²) >= 11 is 0. The minimum atomic E-state index is -0.806. The quantitative estimate of drug-likeness (QED) is 0.809. The Balaban J connectivity index is 2.39. The van der Waals surface area contributed by atoms with E-state index in [-0.39, 0.29) is 17.6 Å². The lowest BCUT2D eigenvalue weighted by Gasteiger charge is -2.15. The highest BCUT2D eigenvalue weighted by molar-refractivity contribution is 5.84. The van der Waals surface area contributed by atoms with E-state index in [4.69, 9.17) is 4.74 Å². The topological polar surface area (TPSA) is 67.4 Å². The number of nitrogens with one attached hydrogen (secondary N) is 2. The van der Waals surface area contributed by atoms with Gasteiger partial charge in [-0.1, -0.05) is 13.8 Å². The van der Waals surface area contributed by atoms with Gasteiger partial charge in [-0.3, -0.25) is 20.4 Å². The Kier molecular flexibility index (Phi) is 5.96. The number of hydrogen-bond donors (Lipinski definition) is 2. The third-order valence-electron chi connectivity index (χ3n) is 2.41. The minimum absolute atomic E-state index is 0.208. The van der Waals surface area contributed by atoms with E-state index < -0.39 is 12.0 Å². The Morgan fingerprint density at radius 3 is 2.30 bits per heavy atom. The van der Waals surface area contributed by atoms with Crippen molar-refractivity contribution in [1.29, 1.82) is 0 Å². The van der Waals surface area contributed by atoms with E-state index in [2.05, 4.69) is 10.9 Å². The number of benzene rings is 1. The molecule has 0 radical (unpaired) electrons. The van der Waals surface area contributed by atoms with Crippen molar-refractivity contribution in [2.75, 3.05) is 0 Å². The van der Waals surface area contributed by atoms with E-state index in [9.17, 15) is 14.0 Å². The largest absolute Gasteiger partial charge is 0.481 e. The number of halogens is 1. The van der Waals surface area contributed by atoms with Crippen LogP contribution in [0.1, 0.15) is 27.2 Å². The van der Waals surface area contributed by atoms with Gasteiger partial charge in [0.2, 0.25) is 5.91 Å². The predicted molar refractivity (Wildman–Crippen MR) is 72.2 cm³/mol. The van der Waals surface area contributed by atoms with Crippen LogP contribution in [0.4, 0.5) is 4.39 Å². The minimum Gasteiger partial charge on any atom is -0.481 e. The summed E-state index contributed by atoms with van der Waals surface area (Å²) in [6.07, 6.45) is -0.479. The zero-order chi connectivity index (χ0) is 15.1. The van der Waals surface area contributed by atoms with Crippen molar-refractivity contribution in [2.45, 2.75) is 33.3 Å². The van der Waals surface area contributed by atoms with Crippen LogP contribution in [0.3, 0.4) is 0 Å². The number of amides is 2. The molecule has 20 heavy (non-hydrogen) atoms. The maximum absolute atomic E-state index is 12.7. The lowest BCUT2D eigenvalue weighted by molar-refractivity contribution is -0.133. The number of rotatable bonds is 5. The first-order valence-electron chi connectivity index (χ1n) is 6.39. The summed E-state index contributed by atoms with van der Waals surface area (Å²) < 4.78 is 18.0. The van der Waals surface area contributed by atoms with Crippen molar-refractivity contribution in [2.24, 2.45) is 5.92 Å². The van der Waals surface area contributed by atoms with Crippen LogP contribution in [0, 0.1) is 11.7 Å². The van der Waals surface area contributed by atoms with Crippen molar-refractivity contribution in [3.05, 3.63) is 30.1 Å². The Bertz CT molecular complexity index is 460. The van der Waals surface area contributed by atoms with Gasteiger partial charge < -0.3 is 4.74 Å². The summed E-state index contributed by atoms with van der Waals surface area (Å²) in [5.74, 6) is -0.536. The molecular formula is C14H19FN2O3. The van der Waals surface area contributed by atoms with Gasteiger partial charge in [0.1, 0.15) is 11.6 Å². The van der Waals surface area contributed by atoms with E-state index in [1.165, 1.54) is 31.2 Å². The molecule has 1 atom stereocenters. The summed E-state index contributed by atoms with van der Waals surface area (Å²) in [6, 6.07) is 5.33. The molecule has 5 nitrogen and oxygen atoms in total. The standard InChI is InChI=1S/C14H19FN2O3/c1-9(2)8-13(18)16-17-14(19)10(3)20-12-6-4-11(15)5-7-12/h4-7,9-10H,8H2,1-3H3,(H,16,18)(H,17,19)/t10-/m1/s1. The van der Waals surface area contributed by atoms with Crippen molar-refractivity contribution < 1.29 is 18.7 Å². The molecule has 0 saturated heterocycles. The lowest BCUT2D eigenvalue weighted by Crippen LogP contribution is -2.47. The van der Waals surface area contributed by atoms with Crippen molar-refractivity contribution in [3.63, 3.8) is 0 Å². The van der Waals surface area contributed by atoms with Crippen LogP contribution in [0.2, 0.25) is 0 Å². The number of hydrazine groups is 1. The number of ether oxygens (including phenoxy) is 1. The fourth-order valence-electron chi connectivity index (χ4n) is 1.43. The summed E-state index contributed by atoms with van der Waals surface area (Å²) in [7, 11) is 0. The van der Waals surface area contributed by atoms with Gasteiger partial charge in [-0.15, -0.1) is 0 Å². The first-order chi connectivity index (χ1) is 9.38. The van der Waals surface area contributed by atoms with Crippen LogP contribution in [0.25, 0.3) is 0 Å². The Hall–Kier alpha value is -2.11. The van der Waals surface area contributed by atoms with Crippen LogP contribution in [-0.4, -0.2) is 17.9 Å². The molecule has 0 bridgehead atoms. The Morgan fingerprint density at radius 1 is 1.15 bits per heavy atom. The molecule has 0 aliphatic heterocycles. The van der Waals surface area contributed by atoms with Gasteiger partial charge in [0.05, 0.1) is 0 Å². The normalized spacial score (nSPS) is 11.8. The number of hydrogen-bond acceptors (Lipinski definition) is 3. The van der Waals surface area contributed by atoms with Gasteiger partial charge in [0.25, 0.3) is 5.91 Å². The summed E-state index contributed by atoms with van der Waals surface area (Å²) in [5, 5.41) is 0. The Labute approximate surface area is 117 Å². The van der Waals surface area contributed by atoms with Crippen molar-refractivity contribution >= 4 is 11.8 Å². The average Bonchev–Trinajstić information content (AvgIpc) is 2.37. The first kappa shape index (κ1) is 15.9. The van der Waals surface area contributed by atoms with Crippen LogP contribution in [0.15, 0.2) is 24.3 Å². The van der Waals surface area contributed by atoms with Gasteiger partial charge in [-0.25, -0.2) is 4.39 Å². The van der Waals surface area contributed by atoms with Gasteiger partial charge in [0, 0.05) is 6.42 Å². The molecular weight excluding hydrogens is 263 g/mol. The molecule has 0 aliphatic rings. The monoisotopic (exact) mass is 282 g/mol. The van der Waals surface area contributed by atoms with Crippen LogP contribution in [-0.2, 0) is 9.59 Å². The molecule has 0 unspecified atom stereocenters. The van der Waals surface area contributed by atoms with Crippen LogP contribution < -0.4 is 15.6 Å². The third-order valence-corrected chi connectivity index (χ3v) is 2.41. The highest BCUT2D eigenvalue weighted by atomic mass is 19.1. The van der Waals surface area contributed by atoms with Gasteiger partial charge in [0.15, 0.2) is 6.10 Å². The highest BCUT2D eigenvalue weighted by Gasteiger charge is 2.15. The second-order valence-electron chi connectivity index (χ2n) is 4.85. The molecule has 0 fully saturated rings. The predicted octanol–water partition coefficient (Wildman–Crippen LogP) is 1.79. The average molecular weight is 282 g/mol. The molecule has 6 heteroatoms. The molecule has 1 rings (SSSR count). The zero-order valence-electron chi connectivity index (χ0n) is 11.8. The molecule has 0 heterocycles. The molecule has 1 aromatic rings. The van der Waals surface area contributed by atoms with E-state index in [1.807, 2.05) is 13.8 Å². The molecule has 0 aromatic heterocycles. The van der Waals surface area contributed by atoms with Gasteiger partial charge >= 0.3 is 0 Å². The molecule has 2 amide bonds. The van der Waals surface area contributed by atoms with Crippen LogP contribution in [0.5, 0.6) is 5.75 Å². The van der Waals surface area contributed by atoms with E-state index >= 15 is 0 Å². The fourth-order valence-corrected chi connectivity index (χ4v) is 1.43. The second-order valence-corrected chi connectivity index (χ2v) is 4.85.